The first-order chi connectivity index (χ1) is 8.43. The molecule has 0 saturated heterocycles. The molecule has 18 heavy (non-hydrogen) atoms. The van der Waals surface area contributed by atoms with Crippen LogP contribution in [0.5, 0.6) is 0 Å². The number of unbranched alkanes of at least 4 members (excludes halogenated alkanes) is 3. The molecule has 0 heterocycles. The Kier molecular flexibility index (Phi) is 9.62. The maximum atomic E-state index is 11.4. The predicted octanol–water partition coefficient (Wildman–Crippen LogP) is 3.57. The number of hydrogen-bond donors (Lipinski definition) is 1. The molecule has 0 aliphatic rings. The van der Waals surface area contributed by atoms with Gasteiger partial charge in [-0.1, -0.05) is 40.5 Å². The van der Waals surface area contributed by atoms with Crippen molar-refractivity contribution < 1.29 is 11.0 Å². The Balaban J connectivity index is 0. The van der Waals surface area contributed by atoms with E-state index in [1.54, 1.807) is 0 Å². The lowest BCUT2D eigenvalue weighted by atomic mass is 10.0. The Hall–Kier alpha value is -0.860. The Morgan fingerprint density at radius 2 is 1.61 bits per heavy atom. The highest BCUT2D eigenvalue weighted by Crippen LogP contribution is 2.07. The molecule has 0 atom stereocenters. The summed E-state index contributed by atoms with van der Waals surface area (Å²) in [6.45, 7) is 8.76. The molecule has 0 saturated carbocycles. The lowest BCUT2D eigenvalue weighted by molar-refractivity contribution is -0.122. The molecule has 0 radical (unpaired) electrons. The second-order valence-electron chi connectivity index (χ2n) is 5.73. The first kappa shape index (κ1) is 17.1. The first-order valence-electron chi connectivity index (χ1n) is 7.23. The van der Waals surface area contributed by atoms with E-state index in [1.165, 1.54) is 0 Å². The van der Waals surface area contributed by atoms with E-state index in [2.05, 4.69) is 5.32 Å². The lowest BCUT2D eigenvalue weighted by Gasteiger charge is -2.07. The summed E-state index contributed by atoms with van der Waals surface area (Å²) < 4.78 is 0. The third kappa shape index (κ3) is 10.3. The molecule has 0 spiro atoms. The molecule has 0 aromatic rings. The molecule has 1 amide bonds. The minimum Gasteiger partial charge on any atom is -0.356 e. The van der Waals surface area contributed by atoms with Crippen LogP contribution in [0.25, 0.3) is 0 Å². The van der Waals surface area contributed by atoms with Gasteiger partial charge in [0, 0.05) is 26.7 Å². The van der Waals surface area contributed by atoms with Gasteiger partial charge in [-0.2, -0.15) is 0 Å². The van der Waals surface area contributed by atoms with E-state index in [9.17, 15) is 9.59 Å². The van der Waals surface area contributed by atoms with E-state index in [0.29, 0.717) is 24.5 Å². The van der Waals surface area contributed by atoms with Crippen LogP contribution >= 0.6 is 0 Å². The summed E-state index contributed by atoms with van der Waals surface area (Å²) in [4.78, 5) is 22.7. The number of nitrogens with one attached hydrogen (secondary N) is 1. The van der Waals surface area contributed by atoms with E-state index >= 15 is 0 Å². The molecule has 3 heteroatoms. The van der Waals surface area contributed by atoms with Gasteiger partial charge < -0.3 is 5.32 Å². The highest BCUT2D eigenvalue weighted by Gasteiger charge is 2.06. The van der Waals surface area contributed by atoms with Gasteiger partial charge in [-0.15, -0.1) is 0 Å². The van der Waals surface area contributed by atoms with E-state index < -0.39 is 0 Å². The van der Waals surface area contributed by atoms with Gasteiger partial charge >= 0.3 is 0 Å². The van der Waals surface area contributed by atoms with Crippen molar-refractivity contribution in [2.45, 2.75) is 66.2 Å². The number of carbonyl (C=O) groups excluding carboxylic acids is 2. The van der Waals surface area contributed by atoms with Crippen molar-refractivity contribution in [1.82, 2.24) is 5.32 Å². The fourth-order valence-corrected chi connectivity index (χ4v) is 1.74. The van der Waals surface area contributed by atoms with Crippen LogP contribution in [0, 0.1) is 11.8 Å². The Labute approximate surface area is 113 Å². The summed E-state index contributed by atoms with van der Waals surface area (Å²) in [5, 5.41) is 2.93. The normalized spacial score (nSPS) is 11.0. The lowest BCUT2D eigenvalue weighted by Crippen LogP contribution is -2.25. The zero-order chi connectivity index (χ0) is 14.0. The quantitative estimate of drug-likeness (QED) is 0.608. The van der Waals surface area contributed by atoms with Crippen molar-refractivity contribution in [3.63, 3.8) is 0 Å². The van der Waals surface area contributed by atoms with Gasteiger partial charge in [0.1, 0.15) is 5.78 Å². The zero-order valence-electron chi connectivity index (χ0n) is 12.4. The molecule has 0 fully saturated rings. The van der Waals surface area contributed by atoms with Crippen LogP contribution in [0.1, 0.15) is 67.6 Å². The molecule has 0 aromatic heterocycles. The van der Waals surface area contributed by atoms with Crippen LogP contribution in [0.3, 0.4) is 0 Å². The molecule has 3 nitrogen and oxygen atoms in total. The maximum Gasteiger partial charge on any atom is 0.220 e. The van der Waals surface area contributed by atoms with Crippen LogP contribution in [0.4, 0.5) is 0 Å². The van der Waals surface area contributed by atoms with Crippen LogP contribution in [0.15, 0.2) is 0 Å². The zero-order valence-corrected chi connectivity index (χ0v) is 12.4. The Morgan fingerprint density at radius 1 is 1.00 bits per heavy atom. The summed E-state index contributed by atoms with van der Waals surface area (Å²) in [6, 6.07) is 0. The van der Waals surface area contributed by atoms with Gasteiger partial charge in [0.25, 0.3) is 0 Å². The van der Waals surface area contributed by atoms with Crippen LogP contribution < -0.4 is 5.32 Å². The van der Waals surface area contributed by atoms with Crippen molar-refractivity contribution >= 4 is 11.7 Å². The molecule has 0 aliphatic heterocycles. The largest absolute Gasteiger partial charge is 0.356 e. The van der Waals surface area contributed by atoms with Crippen molar-refractivity contribution in [1.29, 1.82) is 0 Å². The summed E-state index contributed by atoms with van der Waals surface area (Å²) in [5.74, 6) is 1.10. The maximum absolute atomic E-state index is 11.4. The number of rotatable bonds is 10. The summed E-state index contributed by atoms with van der Waals surface area (Å²) in [6.07, 6.45) is 5.49. The van der Waals surface area contributed by atoms with Gasteiger partial charge in [0.05, 0.1) is 0 Å². The number of amides is 1. The molecular weight excluding hydrogens is 226 g/mol. The molecular formula is C15H31NO2. The van der Waals surface area contributed by atoms with Gasteiger partial charge in [-0.25, -0.2) is 0 Å². The van der Waals surface area contributed by atoms with E-state index in [4.69, 9.17) is 0 Å². The Bertz CT molecular complexity index is 253. The molecule has 0 aromatic carbocycles. The minimum absolute atomic E-state index is 0. The topological polar surface area (TPSA) is 46.2 Å². The highest BCUT2D eigenvalue weighted by molar-refractivity contribution is 5.80. The van der Waals surface area contributed by atoms with Crippen molar-refractivity contribution in [3.05, 3.63) is 0 Å². The second kappa shape index (κ2) is 10.1. The van der Waals surface area contributed by atoms with Crippen LogP contribution in [-0.2, 0) is 9.59 Å². The highest BCUT2D eigenvalue weighted by atomic mass is 16.1. The number of ketones is 1. The van der Waals surface area contributed by atoms with Crippen LogP contribution in [0.2, 0.25) is 0 Å². The van der Waals surface area contributed by atoms with E-state index in [-0.39, 0.29) is 13.3 Å². The fourth-order valence-electron chi connectivity index (χ4n) is 1.74. The average molecular weight is 257 g/mol. The summed E-state index contributed by atoms with van der Waals surface area (Å²) in [5.41, 5.74) is 0. The standard InChI is InChI=1S/C15H29NO2.H2/c1-12(2)11-15(18)16-10-8-6-5-7-9-14(17)13(3)4;/h12-13H,5-11H2,1-4H3,(H,16,18);1H. The fraction of sp³-hybridized carbons (Fsp3) is 0.867. The SMILES string of the molecule is CC(C)CC(=O)NCCCCCCC(=O)C(C)C.[HH]. The van der Waals surface area contributed by atoms with Crippen molar-refractivity contribution in [2.24, 2.45) is 11.8 Å². The average Bonchev–Trinajstić information content (AvgIpc) is 2.26. The van der Waals surface area contributed by atoms with Crippen molar-refractivity contribution in [3.8, 4) is 0 Å². The van der Waals surface area contributed by atoms with E-state index in [0.717, 1.165) is 32.2 Å². The third-order valence-electron chi connectivity index (χ3n) is 2.91. The van der Waals surface area contributed by atoms with Gasteiger partial charge in [-0.05, 0) is 18.8 Å². The first-order valence-corrected chi connectivity index (χ1v) is 7.23. The minimum atomic E-state index is 0. The molecule has 1 N–H and O–H groups in total. The van der Waals surface area contributed by atoms with Gasteiger partial charge in [0.15, 0.2) is 0 Å². The number of hydrogen-bond acceptors (Lipinski definition) is 2. The summed E-state index contributed by atoms with van der Waals surface area (Å²) in [7, 11) is 0. The number of Topliss-reactive ketones (excluding diaryl/α,β-unsaturated/α-hetero) is 1. The van der Waals surface area contributed by atoms with Gasteiger partial charge in [0.2, 0.25) is 5.91 Å². The smallest absolute Gasteiger partial charge is 0.220 e. The van der Waals surface area contributed by atoms with Crippen LogP contribution in [-0.4, -0.2) is 18.2 Å². The Morgan fingerprint density at radius 3 is 2.17 bits per heavy atom. The monoisotopic (exact) mass is 257 g/mol. The van der Waals surface area contributed by atoms with Gasteiger partial charge in [-0.3, -0.25) is 9.59 Å². The second-order valence-corrected chi connectivity index (χ2v) is 5.73. The molecule has 0 rings (SSSR count). The predicted molar refractivity (Wildman–Crippen MR) is 77.5 cm³/mol. The summed E-state index contributed by atoms with van der Waals surface area (Å²) >= 11 is 0. The molecule has 0 aliphatic carbocycles. The molecule has 0 bridgehead atoms. The molecule has 108 valence electrons. The van der Waals surface area contributed by atoms with E-state index in [1.807, 2.05) is 27.7 Å². The third-order valence-corrected chi connectivity index (χ3v) is 2.91. The number of carbonyl (C=O) groups is 2. The molecule has 0 unspecified atom stereocenters. The van der Waals surface area contributed by atoms with Crippen molar-refractivity contribution in [2.75, 3.05) is 6.54 Å².